The Kier molecular flexibility index (Phi) is 6.22. The Balaban J connectivity index is 1.51. The molecule has 0 saturated heterocycles. The van der Waals surface area contributed by atoms with E-state index >= 15 is 0 Å². The molecule has 1 aromatic heterocycles. The second-order valence-corrected chi connectivity index (χ2v) is 7.49. The van der Waals surface area contributed by atoms with E-state index in [1.54, 1.807) is 0 Å². The Labute approximate surface area is 157 Å². The summed E-state index contributed by atoms with van der Waals surface area (Å²) in [7, 11) is 0. The number of nitrogens with one attached hydrogen (secondary N) is 3. The van der Waals surface area contributed by atoms with Crippen LogP contribution in [0.2, 0.25) is 0 Å². The van der Waals surface area contributed by atoms with Crippen molar-refractivity contribution >= 4 is 29.0 Å². The van der Waals surface area contributed by atoms with E-state index in [0.717, 1.165) is 34.8 Å². The Bertz CT molecular complexity index is 751. The van der Waals surface area contributed by atoms with Crippen LogP contribution in [0.4, 0.5) is 10.5 Å². The van der Waals surface area contributed by atoms with Crippen molar-refractivity contribution in [2.45, 2.75) is 51.6 Å². The molecular weight excluding hydrogens is 348 g/mol. The van der Waals surface area contributed by atoms with Crippen molar-refractivity contribution in [2.75, 3.05) is 5.32 Å². The van der Waals surface area contributed by atoms with Gasteiger partial charge in [-0.25, -0.2) is 9.78 Å². The van der Waals surface area contributed by atoms with Gasteiger partial charge in [-0.2, -0.15) is 0 Å². The number of hydrogen-bond donors (Lipinski definition) is 3. The van der Waals surface area contributed by atoms with Gasteiger partial charge < -0.3 is 16.0 Å². The molecule has 1 aromatic carbocycles. The Morgan fingerprint density at radius 2 is 1.88 bits per heavy atom. The van der Waals surface area contributed by atoms with Crippen LogP contribution in [0.5, 0.6) is 0 Å². The Hall–Kier alpha value is -2.41. The van der Waals surface area contributed by atoms with Gasteiger partial charge in [-0.15, -0.1) is 11.3 Å². The van der Waals surface area contributed by atoms with Crippen LogP contribution in [0.15, 0.2) is 29.6 Å². The molecule has 1 aliphatic carbocycles. The summed E-state index contributed by atoms with van der Waals surface area (Å²) in [6.45, 7) is 1.91. The number of amides is 3. The van der Waals surface area contributed by atoms with Gasteiger partial charge in [-0.3, -0.25) is 4.79 Å². The first kappa shape index (κ1) is 18.4. The molecule has 0 radical (unpaired) electrons. The highest BCUT2D eigenvalue weighted by Crippen LogP contribution is 2.23. The molecule has 3 amide bonds. The number of rotatable bonds is 5. The molecule has 1 aliphatic rings. The van der Waals surface area contributed by atoms with E-state index in [-0.39, 0.29) is 11.9 Å². The zero-order valence-electron chi connectivity index (χ0n) is 14.9. The average molecular weight is 372 g/mol. The maximum atomic E-state index is 12.0. The molecule has 2 aromatic rings. The highest BCUT2D eigenvalue weighted by Gasteiger charge is 2.15. The van der Waals surface area contributed by atoms with Crippen LogP contribution in [-0.2, 0) is 11.3 Å². The molecule has 0 unspecified atom stereocenters. The third kappa shape index (κ3) is 5.29. The lowest BCUT2D eigenvalue weighted by Gasteiger charge is -2.22. The molecule has 138 valence electrons. The average Bonchev–Trinajstić information content (AvgIpc) is 3.10. The van der Waals surface area contributed by atoms with Crippen molar-refractivity contribution in [1.29, 1.82) is 0 Å². The fourth-order valence-corrected chi connectivity index (χ4v) is 3.83. The molecule has 0 bridgehead atoms. The quantitative estimate of drug-likeness (QED) is 0.744. The minimum atomic E-state index is -0.117. The van der Waals surface area contributed by atoms with Crippen LogP contribution in [0, 0.1) is 0 Å². The second-order valence-electron chi connectivity index (χ2n) is 6.55. The molecule has 7 heteroatoms. The molecule has 6 nitrogen and oxygen atoms in total. The lowest BCUT2D eigenvalue weighted by atomic mass is 9.96. The molecule has 0 spiro atoms. The topological polar surface area (TPSA) is 83.1 Å². The summed E-state index contributed by atoms with van der Waals surface area (Å²) < 4.78 is 0. The largest absolute Gasteiger partial charge is 0.335 e. The van der Waals surface area contributed by atoms with Crippen molar-refractivity contribution < 1.29 is 9.59 Å². The predicted molar refractivity (Wildman–Crippen MR) is 104 cm³/mol. The van der Waals surface area contributed by atoms with Gasteiger partial charge in [-0.1, -0.05) is 31.4 Å². The van der Waals surface area contributed by atoms with E-state index in [0.29, 0.717) is 12.6 Å². The lowest BCUT2D eigenvalue weighted by Crippen LogP contribution is -2.42. The highest BCUT2D eigenvalue weighted by atomic mass is 32.1. The number of benzene rings is 1. The third-order valence-corrected chi connectivity index (χ3v) is 5.24. The zero-order valence-corrected chi connectivity index (χ0v) is 15.7. The minimum Gasteiger partial charge on any atom is -0.335 e. The number of carbonyl (C=O) groups excluding carboxylic acids is 2. The number of hydrogen-bond acceptors (Lipinski definition) is 4. The van der Waals surface area contributed by atoms with E-state index in [9.17, 15) is 9.59 Å². The van der Waals surface area contributed by atoms with Crippen LogP contribution < -0.4 is 16.0 Å². The smallest absolute Gasteiger partial charge is 0.315 e. The van der Waals surface area contributed by atoms with E-state index in [1.165, 1.54) is 37.5 Å². The predicted octanol–water partition coefficient (Wildman–Crippen LogP) is 3.90. The first-order valence-corrected chi connectivity index (χ1v) is 9.85. The normalized spacial score (nSPS) is 14.7. The van der Waals surface area contributed by atoms with E-state index in [4.69, 9.17) is 0 Å². The summed E-state index contributed by atoms with van der Waals surface area (Å²) in [6.07, 6.45) is 5.81. The van der Waals surface area contributed by atoms with Crippen LogP contribution in [0.1, 0.15) is 44.0 Å². The Morgan fingerprint density at radius 3 is 2.58 bits per heavy atom. The third-order valence-electron chi connectivity index (χ3n) is 4.39. The van der Waals surface area contributed by atoms with Crippen LogP contribution in [0.25, 0.3) is 11.3 Å². The van der Waals surface area contributed by atoms with Gasteiger partial charge in [0.2, 0.25) is 5.91 Å². The van der Waals surface area contributed by atoms with Gasteiger partial charge in [0.15, 0.2) is 0 Å². The maximum Gasteiger partial charge on any atom is 0.315 e. The molecule has 26 heavy (non-hydrogen) atoms. The minimum absolute atomic E-state index is 0.0914. The van der Waals surface area contributed by atoms with Gasteiger partial charge in [-0.05, 0) is 25.0 Å². The van der Waals surface area contributed by atoms with Crippen molar-refractivity contribution in [2.24, 2.45) is 0 Å². The summed E-state index contributed by atoms with van der Waals surface area (Å²) in [4.78, 5) is 27.6. The Morgan fingerprint density at radius 1 is 1.15 bits per heavy atom. The van der Waals surface area contributed by atoms with E-state index in [2.05, 4.69) is 20.9 Å². The van der Waals surface area contributed by atoms with Crippen LogP contribution in [-0.4, -0.2) is 23.0 Å². The molecule has 0 aliphatic heterocycles. The van der Waals surface area contributed by atoms with E-state index in [1.807, 2.05) is 29.6 Å². The fraction of sp³-hybridized carbons (Fsp3) is 0.421. The first-order chi connectivity index (χ1) is 12.6. The van der Waals surface area contributed by atoms with Gasteiger partial charge in [0, 0.05) is 29.6 Å². The van der Waals surface area contributed by atoms with Crippen LogP contribution in [0.3, 0.4) is 0 Å². The summed E-state index contributed by atoms with van der Waals surface area (Å²) in [6, 6.07) is 7.74. The standard InChI is InChI=1S/C19H24N4O2S/c1-13(24)21-16-9-7-14(8-10-16)17-12-26-18(23-17)11-20-19(25)22-15-5-3-2-4-6-15/h7-10,12,15H,2-6,11H2,1H3,(H,21,24)(H2,20,22,25). The van der Waals surface area contributed by atoms with Gasteiger partial charge in [0.05, 0.1) is 12.2 Å². The number of urea groups is 1. The maximum absolute atomic E-state index is 12.0. The molecule has 0 atom stereocenters. The number of carbonyl (C=O) groups is 2. The molecule has 1 heterocycles. The SMILES string of the molecule is CC(=O)Nc1ccc(-c2csc(CNC(=O)NC3CCCCC3)n2)cc1. The molecule has 1 fully saturated rings. The number of nitrogens with zero attached hydrogens (tertiary/aromatic N) is 1. The second kappa shape index (κ2) is 8.80. The molecule has 3 rings (SSSR count). The summed E-state index contributed by atoms with van der Waals surface area (Å²) in [5.41, 5.74) is 2.61. The zero-order chi connectivity index (χ0) is 18.4. The molecule has 1 saturated carbocycles. The van der Waals surface area contributed by atoms with Crippen molar-refractivity contribution in [1.82, 2.24) is 15.6 Å². The summed E-state index contributed by atoms with van der Waals surface area (Å²) >= 11 is 1.52. The number of anilines is 1. The summed E-state index contributed by atoms with van der Waals surface area (Å²) in [5.74, 6) is -0.0914. The molecule has 3 N–H and O–H groups in total. The fourth-order valence-electron chi connectivity index (χ4n) is 3.09. The van der Waals surface area contributed by atoms with Crippen LogP contribution >= 0.6 is 11.3 Å². The lowest BCUT2D eigenvalue weighted by molar-refractivity contribution is -0.114. The van der Waals surface area contributed by atoms with Gasteiger partial charge in [0.1, 0.15) is 5.01 Å². The van der Waals surface area contributed by atoms with Gasteiger partial charge >= 0.3 is 6.03 Å². The molecular formula is C19H24N4O2S. The monoisotopic (exact) mass is 372 g/mol. The highest BCUT2D eigenvalue weighted by molar-refractivity contribution is 7.09. The van der Waals surface area contributed by atoms with Crippen molar-refractivity contribution in [3.8, 4) is 11.3 Å². The van der Waals surface area contributed by atoms with Crippen molar-refractivity contribution in [3.05, 3.63) is 34.7 Å². The van der Waals surface area contributed by atoms with E-state index < -0.39 is 0 Å². The van der Waals surface area contributed by atoms with Gasteiger partial charge in [0.25, 0.3) is 0 Å². The van der Waals surface area contributed by atoms with Crippen molar-refractivity contribution in [3.63, 3.8) is 0 Å². The summed E-state index contributed by atoms with van der Waals surface area (Å²) in [5, 5.41) is 11.5. The number of thiazole rings is 1. The number of aromatic nitrogens is 1. The first-order valence-electron chi connectivity index (χ1n) is 8.97.